The van der Waals surface area contributed by atoms with Crippen LogP contribution in [0.1, 0.15) is 23.0 Å². The molecular weight excluding hydrogens is 262 g/mol. The van der Waals surface area contributed by atoms with E-state index in [1.54, 1.807) is 0 Å². The van der Waals surface area contributed by atoms with Crippen molar-refractivity contribution in [1.82, 2.24) is 0 Å². The Balaban J connectivity index is 1.93. The van der Waals surface area contributed by atoms with Crippen molar-refractivity contribution >= 4 is 16.7 Å². The molecule has 0 saturated heterocycles. The quantitative estimate of drug-likeness (QED) is 0.791. The molecule has 21 heavy (non-hydrogen) atoms. The van der Waals surface area contributed by atoms with Gasteiger partial charge in [-0.15, -0.1) is 0 Å². The number of aliphatic hydroxyl groups is 1. The summed E-state index contributed by atoms with van der Waals surface area (Å²) in [5.41, 5.74) is 3.92. The first-order valence-corrected chi connectivity index (χ1v) is 7.00. The summed E-state index contributed by atoms with van der Waals surface area (Å²) < 4.78 is 5.76. The zero-order chi connectivity index (χ0) is 15.0. The molecule has 3 aromatic rings. The SMILES string of the molecule is Cc1ccc2oc(C(O)c3ccc(N(C)C)cc3)cc2c1. The Bertz CT molecular complexity index is 756. The van der Waals surface area contributed by atoms with Gasteiger partial charge in [0.2, 0.25) is 0 Å². The number of nitrogens with zero attached hydrogens (tertiary/aromatic N) is 1. The van der Waals surface area contributed by atoms with Crippen LogP contribution in [0.2, 0.25) is 0 Å². The van der Waals surface area contributed by atoms with E-state index in [1.165, 1.54) is 5.56 Å². The van der Waals surface area contributed by atoms with Crippen molar-refractivity contribution in [2.45, 2.75) is 13.0 Å². The van der Waals surface area contributed by atoms with E-state index >= 15 is 0 Å². The Morgan fingerprint density at radius 1 is 1.00 bits per heavy atom. The number of hydrogen-bond acceptors (Lipinski definition) is 3. The first-order valence-electron chi connectivity index (χ1n) is 7.00. The molecule has 3 heteroatoms. The zero-order valence-electron chi connectivity index (χ0n) is 12.5. The fourth-order valence-corrected chi connectivity index (χ4v) is 2.44. The van der Waals surface area contributed by atoms with Crippen molar-refractivity contribution in [2.75, 3.05) is 19.0 Å². The molecule has 0 amide bonds. The number of anilines is 1. The summed E-state index contributed by atoms with van der Waals surface area (Å²) in [7, 11) is 3.99. The van der Waals surface area contributed by atoms with Crippen LogP contribution in [-0.2, 0) is 0 Å². The minimum Gasteiger partial charge on any atom is -0.458 e. The number of aliphatic hydroxyl groups excluding tert-OH is 1. The monoisotopic (exact) mass is 281 g/mol. The second kappa shape index (κ2) is 5.26. The molecule has 1 heterocycles. The number of aryl methyl sites for hydroxylation is 1. The summed E-state index contributed by atoms with van der Waals surface area (Å²) in [6.07, 6.45) is -0.742. The van der Waals surface area contributed by atoms with Crippen LogP contribution in [0.15, 0.2) is 52.9 Å². The zero-order valence-corrected chi connectivity index (χ0v) is 12.5. The van der Waals surface area contributed by atoms with Crippen molar-refractivity contribution < 1.29 is 9.52 Å². The molecule has 0 aliphatic heterocycles. The highest BCUT2D eigenvalue weighted by molar-refractivity contribution is 5.78. The largest absolute Gasteiger partial charge is 0.458 e. The van der Waals surface area contributed by atoms with Gasteiger partial charge in [0.1, 0.15) is 17.4 Å². The Morgan fingerprint density at radius 3 is 2.38 bits per heavy atom. The standard InChI is InChI=1S/C18H19NO2/c1-12-4-9-16-14(10-12)11-17(21-16)18(20)13-5-7-15(8-6-13)19(2)3/h4-11,18,20H,1-3H3. The second-order valence-corrected chi connectivity index (χ2v) is 5.58. The highest BCUT2D eigenvalue weighted by Gasteiger charge is 2.15. The van der Waals surface area contributed by atoms with Gasteiger partial charge in [0.15, 0.2) is 0 Å². The van der Waals surface area contributed by atoms with Crippen molar-refractivity contribution in [3.05, 3.63) is 65.4 Å². The van der Waals surface area contributed by atoms with E-state index in [4.69, 9.17) is 4.42 Å². The van der Waals surface area contributed by atoms with Gasteiger partial charge in [-0.3, -0.25) is 0 Å². The van der Waals surface area contributed by atoms with Crippen molar-refractivity contribution in [3.63, 3.8) is 0 Å². The van der Waals surface area contributed by atoms with E-state index in [0.717, 1.165) is 22.2 Å². The van der Waals surface area contributed by atoms with Gasteiger partial charge in [-0.2, -0.15) is 0 Å². The van der Waals surface area contributed by atoms with E-state index in [9.17, 15) is 5.11 Å². The first kappa shape index (κ1) is 13.7. The molecule has 0 aliphatic carbocycles. The maximum absolute atomic E-state index is 10.5. The lowest BCUT2D eigenvalue weighted by Gasteiger charge is -2.14. The van der Waals surface area contributed by atoms with Crippen molar-refractivity contribution in [3.8, 4) is 0 Å². The molecule has 0 saturated carbocycles. The number of furan rings is 1. The van der Waals surface area contributed by atoms with Crippen LogP contribution in [0.5, 0.6) is 0 Å². The van der Waals surface area contributed by atoms with Gasteiger partial charge in [-0.05, 0) is 42.8 Å². The van der Waals surface area contributed by atoms with Gasteiger partial charge in [0.05, 0.1) is 0 Å². The van der Waals surface area contributed by atoms with Crippen LogP contribution in [0.25, 0.3) is 11.0 Å². The van der Waals surface area contributed by atoms with E-state index < -0.39 is 6.10 Å². The molecule has 0 fully saturated rings. The number of fused-ring (bicyclic) bond motifs is 1. The number of benzene rings is 2. The van der Waals surface area contributed by atoms with Crippen LogP contribution in [-0.4, -0.2) is 19.2 Å². The lowest BCUT2D eigenvalue weighted by Crippen LogP contribution is -2.08. The average molecular weight is 281 g/mol. The summed E-state index contributed by atoms with van der Waals surface area (Å²) >= 11 is 0. The molecule has 0 spiro atoms. The highest BCUT2D eigenvalue weighted by Crippen LogP contribution is 2.29. The fourth-order valence-electron chi connectivity index (χ4n) is 2.44. The second-order valence-electron chi connectivity index (χ2n) is 5.58. The lowest BCUT2D eigenvalue weighted by atomic mass is 10.1. The van der Waals surface area contributed by atoms with E-state index in [-0.39, 0.29) is 0 Å². The van der Waals surface area contributed by atoms with Gasteiger partial charge >= 0.3 is 0 Å². The van der Waals surface area contributed by atoms with Crippen molar-refractivity contribution in [2.24, 2.45) is 0 Å². The Kier molecular flexibility index (Phi) is 3.43. The Hall–Kier alpha value is -2.26. The molecule has 1 N–H and O–H groups in total. The fraction of sp³-hybridized carbons (Fsp3) is 0.222. The smallest absolute Gasteiger partial charge is 0.138 e. The van der Waals surface area contributed by atoms with Gasteiger partial charge in [-0.25, -0.2) is 0 Å². The predicted molar refractivity (Wildman–Crippen MR) is 85.8 cm³/mol. The van der Waals surface area contributed by atoms with Crippen LogP contribution in [0.4, 0.5) is 5.69 Å². The van der Waals surface area contributed by atoms with Gasteiger partial charge < -0.3 is 14.4 Å². The maximum atomic E-state index is 10.5. The van der Waals surface area contributed by atoms with Crippen LogP contribution >= 0.6 is 0 Å². The Labute approximate surface area is 124 Å². The third kappa shape index (κ3) is 2.65. The number of hydrogen-bond donors (Lipinski definition) is 1. The normalized spacial score (nSPS) is 12.6. The minimum absolute atomic E-state index is 0.577. The molecule has 3 nitrogen and oxygen atoms in total. The maximum Gasteiger partial charge on any atom is 0.138 e. The van der Waals surface area contributed by atoms with E-state index in [1.807, 2.05) is 68.4 Å². The van der Waals surface area contributed by atoms with Crippen LogP contribution in [0.3, 0.4) is 0 Å². The molecule has 1 atom stereocenters. The van der Waals surface area contributed by atoms with Gasteiger partial charge in [-0.1, -0.05) is 23.8 Å². The molecule has 108 valence electrons. The third-order valence-corrected chi connectivity index (χ3v) is 3.69. The first-order chi connectivity index (χ1) is 10.0. The predicted octanol–water partition coefficient (Wildman–Crippen LogP) is 3.89. The average Bonchev–Trinajstić information content (AvgIpc) is 2.89. The van der Waals surface area contributed by atoms with Gasteiger partial charge in [0, 0.05) is 25.2 Å². The molecule has 1 aromatic heterocycles. The molecule has 0 aliphatic rings. The summed E-state index contributed by atoms with van der Waals surface area (Å²) in [6.45, 7) is 2.04. The van der Waals surface area contributed by atoms with E-state index in [2.05, 4.69) is 6.07 Å². The highest BCUT2D eigenvalue weighted by atomic mass is 16.4. The summed E-state index contributed by atoms with van der Waals surface area (Å²) in [5, 5.41) is 11.5. The van der Waals surface area contributed by atoms with Crippen LogP contribution in [0, 0.1) is 6.92 Å². The molecule has 0 radical (unpaired) electrons. The third-order valence-electron chi connectivity index (χ3n) is 3.69. The van der Waals surface area contributed by atoms with Gasteiger partial charge in [0.25, 0.3) is 0 Å². The Morgan fingerprint density at radius 2 is 1.71 bits per heavy atom. The summed E-state index contributed by atoms with van der Waals surface area (Å²) in [6, 6.07) is 15.8. The number of rotatable bonds is 3. The molecule has 2 aromatic carbocycles. The van der Waals surface area contributed by atoms with E-state index in [0.29, 0.717) is 5.76 Å². The molecule has 3 rings (SSSR count). The minimum atomic E-state index is -0.742. The molecular formula is C18H19NO2. The topological polar surface area (TPSA) is 36.6 Å². The molecule has 1 unspecified atom stereocenters. The lowest BCUT2D eigenvalue weighted by molar-refractivity contribution is 0.192. The summed E-state index contributed by atoms with van der Waals surface area (Å²) in [4.78, 5) is 2.03. The summed E-state index contributed by atoms with van der Waals surface area (Å²) in [5.74, 6) is 0.577. The van der Waals surface area contributed by atoms with Crippen LogP contribution < -0.4 is 4.90 Å². The van der Waals surface area contributed by atoms with Crippen molar-refractivity contribution in [1.29, 1.82) is 0 Å². The molecule has 0 bridgehead atoms.